The third-order valence-electron chi connectivity index (χ3n) is 4.51. The van der Waals surface area contributed by atoms with Crippen molar-refractivity contribution < 1.29 is 14.6 Å². The maximum absolute atomic E-state index is 10.8. The topological polar surface area (TPSA) is 68.5 Å². The number of fused-ring (bicyclic) bond motifs is 1. The van der Waals surface area contributed by atoms with E-state index in [4.69, 9.17) is 9.47 Å². The molecule has 130 valence electrons. The number of aryl methyl sites for hydroxylation is 1. The molecule has 0 radical (unpaired) electrons. The number of rotatable bonds is 5. The maximum atomic E-state index is 10.8. The predicted octanol–water partition coefficient (Wildman–Crippen LogP) is 2.14. The van der Waals surface area contributed by atoms with Crippen LogP contribution in [-0.2, 0) is 12.6 Å². The van der Waals surface area contributed by atoms with Crippen LogP contribution in [0.2, 0.25) is 0 Å². The summed E-state index contributed by atoms with van der Waals surface area (Å²) in [4.78, 5) is 0. The molecule has 0 fully saturated rings. The van der Waals surface area contributed by atoms with E-state index in [2.05, 4.69) is 10.4 Å². The van der Waals surface area contributed by atoms with Crippen LogP contribution in [0.15, 0.2) is 30.6 Å². The highest BCUT2D eigenvalue weighted by Gasteiger charge is 2.27. The lowest BCUT2D eigenvalue weighted by Gasteiger charge is -2.26. The highest BCUT2D eigenvalue weighted by Crippen LogP contribution is 2.34. The van der Waals surface area contributed by atoms with Gasteiger partial charge in [-0.3, -0.25) is 4.68 Å². The summed E-state index contributed by atoms with van der Waals surface area (Å²) in [5.41, 5.74) is 0.932. The number of methoxy groups -OCH3 is 1. The minimum absolute atomic E-state index is 0.136. The van der Waals surface area contributed by atoms with E-state index in [1.165, 1.54) is 0 Å². The second-order valence-electron chi connectivity index (χ2n) is 6.50. The van der Waals surface area contributed by atoms with Gasteiger partial charge in [-0.15, -0.1) is 0 Å². The van der Waals surface area contributed by atoms with Crippen LogP contribution in [0.25, 0.3) is 0 Å². The maximum Gasteiger partial charge on any atom is 0.127 e. The number of aliphatic hydroxyl groups is 1. The molecule has 1 aliphatic heterocycles. The van der Waals surface area contributed by atoms with Crippen molar-refractivity contribution in [1.29, 1.82) is 0 Å². The van der Waals surface area contributed by atoms with Gasteiger partial charge in [0, 0.05) is 43.0 Å². The van der Waals surface area contributed by atoms with E-state index in [1.807, 2.05) is 31.4 Å². The third-order valence-corrected chi connectivity index (χ3v) is 4.51. The molecule has 6 nitrogen and oxygen atoms in total. The molecule has 0 aliphatic carbocycles. The molecule has 0 amide bonds. The lowest BCUT2D eigenvalue weighted by Crippen LogP contribution is -2.37. The lowest BCUT2D eigenvalue weighted by atomic mass is 9.97. The van der Waals surface area contributed by atoms with Gasteiger partial charge >= 0.3 is 0 Å². The number of hydrogen-bond donors (Lipinski definition) is 2. The first-order valence-corrected chi connectivity index (χ1v) is 8.25. The number of benzene rings is 1. The summed E-state index contributed by atoms with van der Waals surface area (Å²) in [7, 11) is 3.50. The summed E-state index contributed by atoms with van der Waals surface area (Å²) in [5, 5.41) is 18.4. The molecule has 2 heterocycles. The first-order chi connectivity index (χ1) is 11.5. The first-order valence-electron chi connectivity index (χ1n) is 8.25. The summed E-state index contributed by atoms with van der Waals surface area (Å²) in [6, 6.07) is 6.04. The van der Waals surface area contributed by atoms with Crippen molar-refractivity contribution in [2.24, 2.45) is 7.05 Å². The fraction of sp³-hybridized carbons (Fsp3) is 0.500. The smallest absolute Gasteiger partial charge is 0.127 e. The SMILES string of the molecule is COc1ccc2c(c1)OCCC[C@@H]2NC[C@](C)(O)c1cnn(C)c1. The van der Waals surface area contributed by atoms with Gasteiger partial charge in [0.2, 0.25) is 0 Å². The average molecular weight is 331 g/mol. The Hall–Kier alpha value is -2.05. The zero-order valence-corrected chi connectivity index (χ0v) is 14.5. The first kappa shape index (κ1) is 16.8. The van der Waals surface area contributed by atoms with Crippen LogP contribution in [-0.4, -0.2) is 35.1 Å². The minimum Gasteiger partial charge on any atom is -0.497 e. The van der Waals surface area contributed by atoms with Gasteiger partial charge in [-0.2, -0.15) is 5.10 Å². The average Bonchev–Trinajstić information content (AvgIpc) is 2.91. The zero-order valence-electron chi connectivity index (χ0n) is 14.5. The van der Waals surface area contributed by atoms with Crippen molar-refractivity contribution in [2.45, 2.75) is 31.4 Å². The van der Waals surface area contributed by atoms with Crippen LogP contribution in [0.1, 0.15) is 36.9 Å². The van der Waals surface area contributed by atoms with Crippen LogP contribution in [0, 0.1) is 0 Å². The van der Waals surface area contributed by atoms with Crippen LogP contribution < -0.4 is 14.8 Å². The molecule has 1 aromatic carbocycles. The van der Waals surface area contributed by atoms with Crippen molar-refractivity contribution in [3.05, 3.63) is 41.7 Å². The molecular formula is C18H25N3O3. The molecule has 1 aromatic heterocycles. The number of nitrogens with one attached hydrogen (secondary N) is 1. The van der Waals surface area contributed by atoms with E-state index in [1.54, 1.807) is 24.9 Å². The van der Waals surface area contributed by atoms with Gasteiger partial charge in [0.05, 0.1) is 19.9 Å². The van der Waals surface area contributed by atoms with E-state index in [9.17, 15) is 5.11 Å². The summed E-state index contributed by atoms with van der Waals surface area (Å²) >= 11 is 0. The van der Waals surface area contributed by atoms with Gasteiger partial charge in [-0.05, 0) is 25.8 Å². The Morgan fingerprint density at radius 2 is 2.33 bits per heavy atom. The second kappa shape index (κ2) is 6.83. The van der Waals surface area contributed by atoms with E-state index in [0.717, 1.165) is 35.5 Å². The van der Waals surface area contributed by atoms with Crippen LogP contribution in [0.4, 0.5) is 0 Å². The van der Waals surface area contributed by atoms with Crippen molar-refractivity contribution in [2.75, 3.05) is 20.3 Å². The van der Waals surface area contributed by atoms with E-state index < -0.39 is 5.60 Å². The molecule has 0 saturated heterocycles. The van der Waals surface area contributed by atoms with Crippen molar-refractivity contribution >= 4 is 0 Å². The molecule has 2 atom stereocenters. The number of aromatic nitrogens is 2. The zero-order chi connectivity index (χ0) is 17.2. The van der Waals surface area contributed by atoms with Crippen LogP contribution in [0.3, 0.4) is 0 Å². The molecule has 24 heavy (non-hydrogen) atoms. The Balaban J connectivity index is 1.75. The summed E-state index contributed by atoms with van der Waals surface area (Å²) in [5.74, 6) is 1.64. The Morgan fingerprint density at radius 3 is 3.04 bits per heavy atom. The highest BCUT2D eigenvalue weighted by atomic mass is 16.5. The minimum atomic E-state index is -0.978. The van der Waals surface area contributed by atoms with Gasteiger partial charge in [0.25, 0.3) is 0 Å². The highest BCUT2D eigenvalue weighted by molar-refractivity contribution is 5.43. The quantitative estimate of drug-likeness (QED) is 0.878. The van der Waals surface area contributed by atoms with Crippen LogP contribution in [0.5, 0.6) is 11.5 Å². The Bertz CT molecular complexity index is 697. The normalized spacial score (nSPS) is 19.8. The van der Waals surface area contributed by atoms with Crippen molar-refractivity contribution in [3.8, 4) is 11.5 Å². The summed E-state index contributed by atoms with van der Waals surface area (Å²) < 4.78 is 12.8. The molecule has 0 unspecified atom stereocenters. The van der Waals surface area contributed by atoms with Gasteiger partial charge in [0.15, 0.2) is 0 Å². The fourth-order valence-corrected chi connectivity index (χ4v) is 3.01. The molecular weight excluding hydrogens is 306 g/mol. The Labute approximate surface area is 142 Å². The lowest BCUT2D eigenvalue weighted by molar-refractivity contribution is 0.0533. The third kappa shape index (κ3) is 3.55. The van der Waals surface area contributed by atoms with Crippen molar-refractivity contribution in [1.82, 2.24) is 15.1 Å². The van der Waals surface area contributed by atoms with Crippen LogP contribution >= 0.6 is 0 Å². The molecule has 2 aromatic rings. The number of hydrogen-bond acceptors (Lipinski definition) is 5. The van der Waals surface area contributed by atoms with Crippen molar-refractivity contribution in [3.63, 3.8) is 0 Å². The van der Waals surface area contributed by atoms with Gasteiger partial charge in [-0.25, -0.2) is 0 Å². The largest absolute Gasteiger partial charge is 0.497 e. The predicted molar refractivity (Wildman–Crippen MR) is 91.2 cm³/mol. The van der Waals surface area contributed by atoms with E-state index >= 15 is 0 Å². The van der Waals surface area contributed by atoms with E-state index in [0.29, 0.717) is 13.2 Å². The Morgan fingerprint density at radius 1 is 1.50 bits per heavy atom. The van der Waals surface area contributed by atoms with Gasteiger partial charge in [0.1, 0.15) is 17.1 Å². The second-order valence-corrected chi connectivity index (χ2v) is 6.50. The number of ether oxygens (including phenoxy) is 2. The molecule has 1 aliphatic rings. The van der Waals surface area contributed by atoms with Gasteiger partial charge in [-0.1, -0.05) is 6.07 Å². The molecule has 0 bridgehead atoms. The monoisotopic (exact) mass is 331 g/mol. The number of nitrogens with zero attached hydrogens (tertiary/aromatic N) is 2. The summed E-state index contributed by atoms with van der Waals surface area (Å²) in [6.07, 6.45) is 5.47. The molecule has 6 heteroatoms. The Kier molecular flexibility index (Phi) is 4.78. The molecule has 3 rings (SSSR count). The molecule has 0 spiro atoms. The molecule has 2 N–H and O–H groups in total. The molecule has 0 saturated carbocycles. The van der Waals surface area contributed by atoms with Gasteiger partial charge < -0.3 is 19.9 Å². The fourth-order valence-electron chi connectivity index (χ4n) is 3.01. The summed E-state index contributed by atoms with van der Waals surface area (Å²) in [6.45, 7) is 2.94. The standard InChI is InChI=1S/C18H25N3O3/c1-18(22,13-10-20-21(2)11-13)12-19-16-5-4-8-24-17-9-14(23-3)6-7-15(16)17/h6-7,9-11,16,19,22H,4-5,8,12H2,1-3H3/t16-,18-/m0/s1. The van der Waals surface area contributed by atoms with E-state index in [-0.39, 0.29) is 6.04 Å².